The molecule has 3 amide bonds. The number of hydrogen-bond acceptors (Lipinski definition) is 8. The highest BCUT2D eigenvalue weighted by Gasteiger charge is 2.51. The molecular formula is C44H63N7O5. The van der Waals surface area contributed by atoms with Crippen LogP contribution >= 0.6 is 0 Å². The van der Waals surface area contributed by atoms with Crippen LogP contribution in [0, 0.1) is 11.8 Å². The summed E-state index contributed by atoms with van der Waals surface area (Å²) in [6, 6.07) is 8.92. The topological polar surface area (TPSA) is 141 Å². The van der Waals surface area contributed by atoms with Crippen LogP contribution in [0.4, 0.5) is 9.59 Å². The van der Waals surface area contributed by atoms with Crippen LogP contribution in [0.5, 0.6) is 0 Å². The van der Waals surface area contributed by atoms with Gasteiger partial charge >= 0.3 is 12.2 Å². The van der Waals surface area contributed by atoms with E-state index in [2.05, 4.69) is 71.8 Å². The van der Waals surface area contributed by atoms with Crippen LogP contribution < -0.4 is 10.6 Å². The summed E-state index contributed by atoms with van der Waals surface area (Å²) in [6.07, 6.45) is 14.8. The Labute approximate surface area is 332 Å². The van der Waals surface area contributed by atoms with Gasteiger partial charge in [-0.25, -0.2) is 14.6 Å². The van der Waals surface area contributed by atoms with Crippen molar-refractivity contribution in [3.8, 4) is 0 Å². The number of carbonyl (C=O) groups is 3. The number of aromatic nitrogens is 2. The number of nitrogens with zero attached hydrogens (tertiary/aromatic N) is 4. The lowest BCUT2D eigenvalue weighted by Gasteiger charge is -2.53. The summed E-state index contributed by atoms with van der Waals surface area (Å²) >= 11 is 0. The number of fused-ring (bicyclic) bond motifs is 3. The van der Waals surface area contributed by atoms with E-state index in [-0.39, 0.29) is 58.8 Å². The third-order valence-corrected chi connectivity index (χ3v) is 14.2. The van der Waals surface area contributed by atoms with E-state index in [4.69, 9.17) is 19.5 Å². The molecule has 3 saturated carbocycles. The molecule has 0 spiro atoms. The SMILES string of the molecule is COC(=O)N[C@@H](C(C)C)C(C)N1CCC[C@H]1c1ncc(C23CCC(c4ccc(C5=CN=C([C@@H]6CCCN6C(=O)[C@@H](NC(=O)OC)C(C)C)C5)cc4)(CC2)CC3)[nH]1. The van der Waals surface area contributed by atoms with E-state index in [0.29, 0.717) is 6.54 Å². The maximum absolute atomic E-state index is 13.6. The van der Waals surface area contributed by atoms with E-state index in [1.54, 1.807) is 0 Å². The number of imidazole rings is 1. The first kappa shape index (κ1) is 40.0. The fraction of sp³-hybridized carbons (Fsp3) is 0.659. The minimum atomic E-state index is -0.634. The van der Waals surface area contributed by atoms with E-state index in [1.807, 2.05) is 24.9 Å². The monoisotopic (exact) mass is 769 g/mol. The fourth-order valence-electron chi connectivity index (χ4n) is 10.7. The molecule has 12 heteroatoms. The Kier molecular flexibility index (Phi) is 11.7. The quantitative estimate of drug-likeness (QED) is 0.204. The summed E-state index contributed by atoms with van der Waals surface area (Å²) < 4.78 is 9.75. The lowest BCUT2D eigenvalue weighted by atomic mass is 9.51. The molecule has 304 valence electrons. The molecule has 1 aromatic heterocycles. The van der Waals surface area contributed by atoms with Gasteiger partial charge in [0.25, 0.3) is 0 Å². The van der Waals surface area contributed by atoms with Gasteiger partial charge in [0.2, 0.25) is 5.91 Å². The molecule has 3 aliphatic carbocycles. The molecule has 5 atom stereocenters. The summed E-state index contributed by atoms with van der Waals surface area (Å²) in [4.78, 5) is 56.0. The molecule has 2 aromatic rings. The second-order valence-corrected chi connectivity index (χ2v) is 17.9. The second-order valence-electron chi connectivity index (χ2n) is 17.9. The van der Waals surface area contributed by atoms with Crippen LogP contribution in [-0.4, -0.2) is 95.0 Å². The Hall–Kier alpha value is -4.19. The minimum Gasteiger partial charge on any atom is -0.453 e. The predicted molar refractivity (Wildman–Crippen MR) is 217 cm³/mol. The molecule has 2 bridgehead atoms. The van der Waals surface area contributed by atoms with Gasteiger partial charge in [0, 0.05) is 54.3 Å². The summed E-state index contributed by atoms with van der Waals surface area (Å²) in [5.41, 5.74) is 6.51. The number of methoxy groups -OCH3 is 2. The van der Waals surface area contributed by atoms with Gasteiger partial charge in [0.1, 0.15) is 11.9 Å². The first-order valence-electron chi connectivity index (χ1n) is 21.1. The van der Waals surface area contributed by atoms with Gasteiger partial charge in [-0.3, -0.25) is 14.7 Å². The molecule has 1 aromatic carbocycles. The molecule has 1 unspecified atom stereocenters. The van der Waals surface area contributed by atoms with Gasteiger partial charge in [-0.2, -0.15) is 0 Å². The molecule has 2 saturated heterocycles. The average Bonchev–Trinajstić information content (AvgIpc) is 4.06. The smallest absolute Gasteiger partial charge is 0.407 e. The van der Waals surface area contributed by atoms with E-state index in [9.17, 15) is 14.4 Å². The largest absolute Gasteiger partial charge is 0.453 e. The summed E-state index contributed by atoms with van der Waals surface area (Å²) in [6.45, 7) is 12.1. The first-order chi connectivity index (χ1) is 26.9. The van der Waals surface area contributed by atoms with E-state index >= 15 is 0 Å². The third-order valence-electron chi connectivity index (χ3n) is 14.2. The van der Waals surface area contributed by atoms with Gasteiger partial charge in [-0.1, -0.05) is 52.0 Å². The maximum Gasteiger partial charge on any atom is 0.407 e. The van der Waals surface area contributed by atoms with Crippen molar-refractivity contribution in [3.63, 3.8) is 0 Å². The molecule has 12 nitrogen and oxygen atoms in total. The molecule has 4 heterocycles. The number of likely N-dealkylation sites (tertiary alicyclic amines) is 2. The number of allylic oxidation sites excluding steroid dienone is 1. The molecular weight excluding hydrogens is 707 g/mol. The van der Waals surface area contributed by atoms with Crippen LogP contribution in [0.25, 0.3) is 5.57 Å². The minimum absolute atomic E-state index is 0.0161. The third kappa shape index (κ3) is 7.62. The summed E-state index contributed by atoms with van der Waals surface area (Å²) in [5.74, 6) is 1.21. The van der Waals surface area contributed by atoms with Crippen molar-refractivity contribution >= 4 is 29.4 Å². The van der Waals surface area contributed by atoms with Gasteiger partial charge in [-0.05, 0) is 112 Å². The van der Waals surface area contributed by atoms with Crippen molar-refractivity contribution in [2.24, 2.45) is 16.8 Å². The highest BCUT2D eigenvalue weighted by molar-refractivity contribution is 6.03. The molecule has 3 N–H and O–H groups in total. The maximum atomic E-state index is 13.6. The molecule has 6 aliphatic rings. The highest BCUT2D eigenvalue weighted by atomic mass is 16.5. The van der Waals surface area contributed by atoms with Crippen molar-refractivity contribution in [3.05, 3.63) is 59.3 Å². The zero-order valence-electron chi connectivity index (χ0n) is 34.5. The summed E-state index contributed by atoms with van der Waals surface area (Å²) in [7, 11) is 2.74. The number of hydrogen-bond donors (Lipinski definition) is 3. The van der Waals surface area contributed by atoms with Crippen molar-refractivity contribution in [1.29, 1.82) is 0 Å². The number of H-pyrrole nitrogens is 1. The van der Waals surface area contributed by atoms with Crippen molar-refractivity contribution < 1.29 is 23.9 Å². The van der Waals surface area contributed by atoms with Crippen LogP contribution in [0.2, 0.25) is 0 Å². The standard InChI is InChI=1S/C44H63N7O5/c1-27(2)37(48-41(53)55-6)29(5)50-22-9-11-35(50)39-46-26-36(47-39)44-19-16-43(17-20-44,18-21-44)32-14-12-30(13-15-32)31-24-33(45-25-31)34-10-8-23-51(34)40(52)38(28(3)4)49-42(54)56-7/h12-15,25-29,34-35,37-38H,8-11,16-24H2,1-7H3,(H,46,47)(H,48,53)(H,49,54)/t29?,34-,35-,37-,38-,43?,44?/m0/s1. The Morgan fingerprint density at radius 1 is 0.821 bits per heavy atom. The van der Waals surface area contributed by atoms with E-state index < -0.39 is 12.1 Å². The summed E-state index contributed by atoms with van der Waals surface area (Å²) in [5, 5.41) is 5.83. The first-order valence-corrected chi connectivity index (χ1v) is 21.1. The fourth-order valence-corrected chi connectivity index (χ4v) is 10.7. The van der Waals surface area contributed by atoms with Gasteiger partial charge in [0.15, 0.2) is 0 Å². The average molecular weight is 770 g/mol. The zero-order chi connectivity index (χ0) is 39.8. The number of aromatic amines is 1. The number of nitrogens with one attached hydrogen (secondary N) is 3. The van der Waals surface area contributed by atoms with Crippen LogP contribution in [0.1, 0.15) is 134 Å². The lowest BCUT2D eigenvalue weighted by Crippen LogP contribution is -2.53. The molecule has 56 heavy (non-hydrogen) atoms. The molecule has 3 aliphatic heterocycles. The lowest BCUT2D eigenvalue weighted by molar-refractivity contribution is -0.134. The number of carbonyl (C=O) groups excluding carboxylic acids is 3. The molecule has 0 radical (unpaired) electrons. The molecule has 5 fully saturated rings. The zero-order valence-corrected chi connectivity index (χ0v) is 34.5. The second kappa shape index (κ2) is 16.3. The van der Waals surface area contributed by atoms with Gasteiger partial charge < -0.3 is 30.0 Å². The highest BCUT2D eigenvalue weighted by Crippen LogP contribution is 2.58. The Bertz CT molecular complexity index is 1790. The van der Waals surface area contributed by atoms with Crippen molar-refractivity contribution in [2.75, 3.05) is 27.3 Å². The number of amides is 3. The van der Waals surface area contributed by atoms with Crippen molar-refractivity contribution in [1.82, 2.24) is 30.4 Å². The predicted octanol–water partition coefficient (Wildman–Crippen LogP) is 7.42. The normalized spacial score (nSPS) is 27.9. The van der Waals surface area contributed by atoms with Crippen LogP contribution in [-0.2, 0) is 25.1 Å². The van der Waals surface area contributed by atoms with Crippen LogP contribution in [0.15, 0.2) is 41.7 Å². The van der Waals surface area contributed by atoms with Crippen molar-refractivity contribution in [2.45, 2.75) is 146 Å². The Morgan fingerprint density at radius 2 is 1.45 bits per heavy atom. The molecule has 8 rings (SSSR count). The van der Waals surface area contributed by atoms with Gasteiger partial charge in [0.05, 0.1) is 26.3 Å². The van der Waals surface area contributed by atoms with Crippen LogP contribution in [0.3, 0.4) is 0 Å². The number of ether oxygens (including phenoxy) is 2. The number of benzene rings is 1. The van der Waals surface area contributed by atoms with E-state index in [0.717, 1.165) is 69.4 Å². The van der Waals surface area contributed by atoms with Gasteiger partial charge in [-0.15, -0.1) is 0 Å². The number of alkyl carbamates (subject to hydrolysis) is 2. The number of aliphatic imine (C=N–C) groups is 1. The number of rotatable bonds is 12. The van der Waals surface area contributed by atoms with E-state index in [1.165, 1.54) is 55.9 Å². The Balaban J connectivity index is 0.963. The Morgan fingerprint density at radius 3 is 2.09 bits per heavy atom.